The van der Waals surface area contributed by atoms with Crippen molar-refractivity contribution in [1.82, 2.24) is 30.2 Å². The number of amides is 2. The van der Waals surface area contributed by atoms with Crippen LogP contribution in [0, 0.1) is 10.1 Å². The maximum atomic E-state index is 11.3. The molecule has 0 aliphatic heterocycles. The maximum absolute atomic E-state index is 11.3. The fraction of sp³-hybridized carbons (Fsp3) is 0.636. The molecule has 4 N–H and O–H groups in total. The fourth-order valence-electron chi connectivity index (χ4n) is 2.56. The van der Waals surface area contributed by atoms with Gasteiger partial charge in [-0.2, -0.15) is 10.2 Å². The number of nitrogen functional groups attached to an aromatic ring is 1. The van der Waals surface area contributed by atoms with Crippen molar-refractivity contribution in [3.05, 3.63) is 34.9 Å². The lowest BCUT2D eigenvalue weighted by Gasteiger charge is -2.19. The van der Waals surface area contributed by atoms with Gasteiger partial charge >= 0.3 is 17.9 Å². The summed E-state index contributed by atoms with van der Waals surface area (Å²) >= 11 is 0. The van der Waals surface area contributed by atoms with Crippen LogP contribution in [-0.4, -0.2) is 61.0 Å². The summed E-state index contributed by atoms with van der Waals surface area (Å²) in [4.78, 5) is 32.6. The molecule has 14 heteroatoms. The van der Waals surface area contributed by atoms with Gasteiger partial charge < -0.3 is 25.8 Å². The first-order valence-electron chi connectivity index (χ1n) is 11.5. The molecule has 0 spiro atoms. The summed E-state index contributed by atoms with van der Waals surface area (Å²) in [5, 5.41) is 23.6. The van der Waals surface area contributed by atoms with Crippen molar-refractivity contribution in [3.8, 4) is 0 Å². The van der Waals surface area contributed by atoms with E-state index in [9.17, 15) is 19.7 Å². The SMILES string of the molecule is CC(C)(C)OC(=O)NCCCn1cc(N)cn1.CC(C)(C)OC(=O)NCCCn1cc([N+](=O)[O-])cn1. The monoisotopic (exact) mass is 510 g/mol. The molecule has 2 aromatic heterocycles. The lowest BCUT2D eigenvalue weighted by Crippen LogP contribution is -2.33. The van der Waals surface area contributed by atoms with Gasteiger partial charge in [-0.15, -0.1) is 0 Å². The number of anilines is 1. The van der Waals surface area contributed by atoms with Crippen LogP contribution in [0.5, 0.6) is 0 Å². The van der Waals surface area contributed by atoms with E-state index in [4.69, 9.17) is 15.2 Å². The summed E-state index contributed by atoms with van der Waals surface area (Å²) in [6.07, 6.45) is 6.43. The molecule has 2 aromatic rings. The van der Waals surface area contributed by atoms with E-state index in [0.29, 0.717) is 38.3 Å². The third kappa shape index (κ3) is 14.4. The van der Waals surface area contributed by atoms with Gasteiger partial charge in [0, 0.05) is 32.4 Å². The lowest BCUT2D eigenvalue weighted by molar-refractivity contribution is -0.385. The van der Waals surface area contributed by atoms with Gasteiger partial charge in [-0.1, -0.05) is 0 Å². The summed E-state index contributed by atoms with van der Waals surface area (Å²) < 4.78 is 13.4. The zero-order valence-corrected chi connectivity index (χ0v) is 21.8. The Hall–Kier alpha value is -3.84. The van der Waals surface area contributed by atoms with Crippen molar-refractivity contribution in [2.75, 3.05) is 18.8 Å². The molecule has 14 nitrogen and oxygen atoms in total. The average molecular weight is 511 g/mol. The number of alkyl carbamates (subject to hydrolysis) is 2. The van der Waals surface area contributed by atoms with Crippen molar-refractivity contribution in [2.45, 2.75) is 78.7 Å². The Balaban J connectivity index is 0.000000362. The Labute approximate surface area is 210 Å². The number of hydrogen-bond donors (Lipinski definition) is 3. The molecule has 0 aromatic carbocycles. The van der Waals surface area contributed by atoms with Crippen LogP contribution in [-0.2, 0) is 22.6 Å². The smallest absolute Gasteiger partial charge is 0.407 e. The summed E-state index contributed by atoms with van der Waals surface area (Å²) in [7, 11) is 0. The van der Waals surface area contributed by atoms with Crippen molar-refractivity contribution in [2.24, 2.45) is 0 Å². The molecule has 0 unspecified atom stereocenters. The normalized spacial score (nSPS) is 11.2. The van der Waals surface area contributed by atoms with Gasteiger partial charge in [0.05, 0.1) is 16.8 Å². The van der Waals surface area contributed by atoms with Crippen LogP contribution >= 0.6 is 0 Å². The highest BCUT2D eigenvalue weighted by atomic mass is 16.6. The van der Waals surface area contributed by atoms with E-state index in [2.05, 4.69) is 20.8 Å². The number of carbonyl (C=O) groups excluding carboxylic acids is 2. The lowest BCUT2D eigenvalue weighted by atomic mass is 10.2. The highest BCUT2D eigenvalue weighted by Crippen LogP contribution is 2.09. The summed E-state index contributed by atoms with van der Waals surface area (Å²) in [6.45, 7) is 13.0. The van der Waals surface area contributed by atoms with Gasteiger partial charge in [0.1, 0.15) is 23.6 Å². The summed E-state index contributed by atoms with van der Waals surface area (Å²) in [5.41, 5.74) is 5.15. The number of aryl methyl sites for hydroxylation is 2. The molecular formula is C22H38N8O6. The first kappa shape index (κ1) is 30.2. The Kier molecular flexibility index (Phi) is 11.7. The first-order chi connectivity index (χ1) is 16.6. The van der Waals surface area contributed by atoms with Crippen LogP contribution < -0.4 is 16.4 Å². The van der Waals surface area contributed by atoms with Gasteiger partial charge in [-0.05, 0) is 54.4 Å². The van der Waals surface area contributed by atoms with E-state index in [0.717, 1.165) is 6.42 Å². The Morgan fingerprint density at radius 2 is 1.36 bits per heavy atom. The molecule has 0 aliphatic rings. The molecule has 0 saturated heterocycles. The van der Waals surface area contributed by atoms with E-state index >= 15 is 0 Å². The first-order valence-corrected chi connectivity index (χ1v) is 11.5. The van der Waals surface area contributed by atoms with Crippen LogP contribution in [0.3, 0.4) is 0 Å². The minimum absolute atomic E-state index is 0.0416. The molecular weight excluding hydrogens is 472 g/mol. The molecule has 2 heterocycles. The zero-order valence-electron chi connectivity index (χ0n) is 21.8. The van der Waals surface area contributed by atoms with Gasteiger partial charge in [-0.3, -0.25) is 19.5 Å². The van der Waals surface area contributed by atoms with Crippen LogP contribution in [0.2, 0.25) is 0 Å². The summed E-state index contributed by atoms with van der Waals surface area (Å²) in [5.74, 6) is 0. The second-order valence-electron chi connectivity index (χ2n) is 9.82. The van der Waals surface area contributed by atoms with E-state index in [-0.39, 0.29) is 5.69 Å². The molecule has 0 fully saturated rings. The van der Waals surface area contributed by atoms with Crippen LogP contribution in [0.25, 0.3) is 0 Å². The molecule has 0 atom stereocenters. The standard InChI is InChI=1S/C11H18N4O4.C11H20N4O2/c1-11(2,3)19-10(16)12-5-4-6-14-8-9(7-13-14)15(17)18;1-11(2,3)17-10(16)13-5-4-6-15-8-9(12)7-14-15/h7-8H,4-6H2,1-3H3,(H,12,16);7-8H,4-6,12H2,1-3H3,(H,13,16). The number of ether oxygens (including phenoxy) is 2. The topological polar surface area (TPSA) is 181 Å². The van der Waals surface area contributed by atoms with Crippen molar-refractivity contribution in [1.29, 1.82) is 0 Å². The third-order valence-electron chi connectivity index (χ3n) is 3.95. The minimum atomic E-state index is -0.521. The van der Waals surface area contributed by atoms with Gasteiger partial charge in [0.2, 0.25) is 0 Å². The molecule has 0 bridgehead atoms. The maximum Gasteiger partial charge on any atom is 0.407 e. The molecule has 2 rings (SSSR count). The predicted molar refractivity (Wildman–Crippen MR) is 133 cm³/mol. The number of nitro groups is 1. The van der Waals surface area contributed by atoms with Gasteiger partial charge in [-0.25, -0.2) is 9.59 Å². The molecule has 2 amide bonds. The second-order valence-corrected chi connectivity index (χ2v) is 9.82. The molecule has 0 saturated carbocycles. The number of aromatic nitrogens is 4. The van der Waals surface area contributed by atoms with Crippen LogP contribution in [0.1, 0.15) is 54.4 Å². The Bertz CT molecular complexity index is 974. The number of rotatable bonds is 9. The fourth-order valence-corrected chi connectivity index (χ4v) is 2.56. The zero-order chi connectivity index (χ0) is 27.4. The van der Waals surface area contributed by atoms with Crippen molar-refractivity contribution < 1.29 is 24.0 Å². The largest absolute Gasteiger partial charge is 0.444 e. The predicted octanol–water partition coefficient (Wildman–Crippen LogP) is 3.09. The quantitative estimate of drug-likeness (QED) is 0.259. The van der Waals surface area contributed by atoms with Gasteiger partial charge in [0.25, 0.3) is 0 Å². The van der Waals surface area contributed by atoms with Gasteiger partial charge in [0.15, 0.2) is 0 Å². The van der Waals surface area contributed by atoms with E-state index < -0.39 is 28.3 Å². The highest BCUT2D eigenvalue weighted by molar-refractivity contribution is 5.67. The van der Waals surface area contributed by atoms with E-state index in [1.807, 2.05) is 20.8 Å². The Morgan fingerprint density at radius 1 is 0.917 bits per heavy atom. The minimum Gasteiger partial charge on any atom is -0.444 e. The molecule has 0 aliphatic carbocycles. The van der Waals surface area contributed by atoms with Crippen LogP contribution in [0.4, 0.5) is 21.0 Å². The molecule has 36 heavy (non-hydrogen) atoms. The summed E-state index contributed by atoms with van der Waals surface area (Å²) in [6, 6.07) is 0. The Morgan fingerprint density at radius 3 is 1.72 bits per heavy atom. The molecule has 0 radical (unpaired) electrons. The number of nitrogens with one attached hydrogen (secondary N) is 2. The molecule has 202 valence electrons. The number of nitrogens with two attached hydrogens (primary N) is 1. The second kappa shape index (κ2) is 13.9. The average Bonchev–Trinajstić information content (AvgIpc) is 3.35. The van der Waals surface area contributed by atoms with Crippen LogP contribution in [0.15, 0.2) is 24.8 Å². The van der Waals surface area contributed by atoms with Crippen molar-refractivity contribution in [3.63, 3.8) is 0 Å². The number of nitrogens with zero attached hydrogens (tertiary/aromatic N) is 5. The van der Waals surface area contributed by atoms with E-state index in [1.54, 1.807) is 37.8 Å². The van der Waals surface area contributed by atoms with E-state index in [1.165, 1.54) is 17.1 Å². The highest BCUT2D eigenvalue weighted by Gasteiger charge is 2.16. The number of carbonyl (C=O) groups is 2. The third-order valence-corrected chi connectivity index (χ3v) is 3.95. The number of hydrogen-bond acceptors (Lipinski definition) is 9. The van der Waals surface area contributed by atoms with Crippen molar-refractivity contribution >= 4 is 23.6 Å².